The summed E-state index contributed by atoms with van der Waals surface area (Å²) in [6, 6.07) is 7.66. The smallest absolute Gasteiger partial charge is 0.125 e. The van der Waals surface area contributed by atoms with Gasteiger partial charge in [-0.05, 0) is 32.9 Å². The highest BCUT2D eigenvalue weighted by molar-refractivity contribution is 5.35. The van der Waals surface area contributed by atoms with Gasteiger partial charge >= 0.3 is 0 Å². The summed E-state index contributed by atoms with van der Waals surface area (Å²) in [4.78, 5) is 0. The van der Waals surface area contributed by atoms with Crippen molar-refractivity contribution in [2.75, 3.05) is 13.1 Å². The van der Waals surface area contributed by atoms with Crippen LogP contribution < -0.4 is 10.1 Å². The number of para-hydroxylation sites is 1. The average molecular weight is 237 g/mol. The fourth-order valence-corrected chi connectivity index (χ4v) is 1.64. The van der Waals surface area contributed by atoms with E-state index in [-0.39, 0.29) is 6.10 Å². The number of hydrogen-bond donors (Lipinski definition) is 2. The number of hydrogen-bond acceptors (Lipinski definition) is 3. The Morgan fingerprint density at radius 1 is 1.29 bits per heavy atom. The first-order valence-corrected chi connectivity index (χ1v) is 6.29. The van der Waals surface area contributed by atoms with Crippen LogP contribution in [-0.4, -0.2) is 24.3 Å². The van der Waals surface area contributed by atoms with Crippen LogP contribution in [0.5, 0.6) is 5.75 Å². The summed E-state index contributed by atoms with van der Waals surface area (Å²) in [7, 11) is 0. The molecule has 0 aromatic heterocycles. The van der Waals surface area contributed by atoms with Crippen LogP contribution in [0.2, 0.25) is 0 Å². The third-order valence-electron chi connectivity index (χ3n) is 2.41. The van der Waals surface area contributed by atoms with E-state index in [1.807, 2.05) is 38.1 Å². The first-order chi connectivity index (χ1) is 8.15. The van der Waals surface area contributed by atoms with E-state index in [0.29, 0.717) is 6.54 Å². The van der Waals surface area contributed by atoms with E-state index >= 15 is 0 Å². The number of aliphatic hydroxyl groups excluding tert-OH is 1. The Morgan fingerprint density at radius 2 is 2.00 bits per heavy atom. The molecule has 1 aromatic rings. The van der Waals surface area contributed by atoms with Crippen molar-refractivity contribution in [3.05, 3.63) is 29.8 Å². The normalized spacial score (nSPS) is 12.8. The van der Waals surface area contributed by atoms with Gasteiger partial charge in [-0.2, -0.15) is 0 Å². The van der Waals surface area contributed by atoms with E-state index in [2.05, 4.69) is 12.2 Å². The van der Waals surface area contributed by atoms with Crippen molar-refractivity contribution in [2.24, 2.45) is 0 Å². The van der Waals surface area contributed by atoms with Crippen LogP contribution in [0.1, 0.15) is 38.9 Å². The quantitative estimate of drug-likeness (QED) is 0.716. The van der Waals surface area contributed by atoms with Gasteiger partial charge in [0.05, 0.1) is 12.2 Å². The van der Waals surface area contributed by atoms with Crippen LogP contribution in [0.15, 0.2) is 24.3 Å². The molecule has 0 aliphatic carbocycles. The summed E-state index contributed by atoms with van der Waals surface area (Å²) in [5.41, 5.74) is 0.852. The molecule has 0 fully saturated rings. The van der Waals surface area contributed by atoms with Crippen LogP contribution in [0.25, 0.3) is 0 Å². The molecule has 2 N–H and O–H groups in total. The second-order valence-electron chi connectivity index (χ2n) is 4.42. The Hall–Kier alpha value is -1.06. The van der Waals surface area contributed by atoms with Crippen LogP contribution >= 0.6 is 0 Å². The second kappa shape index (κ2) is 7.30. The summed E-state index contributed by atoms with van der Waals surface area (Å²) in [6.07, 6.45) is 0.667. The first kappa shape index (κ1) is 14.0. The Bertz CT molecular complexity index is 326. The Kier molecular flexibility index (Phi) is 6.01. The van der Waals surface area contributed by atoms with Gasteiger partial charge in [-0.3, -0.25) is 0 Å². The molecule has 0 aliphatic rings. The van der Waals surface area contributed by atoms with Crippen molar-refractivity contribution in [3.8, 4) is 5.75 Å². The summed E-state index contributed by atoms with van der Waals surface area (Å²) >= 11 is 0. The van der Waals surface area contributed by atoms with Crippen molar-refractivity contribution < 1.29 is 9.84 Å². The third-order valence-corrected chi connectivity index (χ3v) is 2.41. The third kappa shape index (κ3) is 4.75. The number of aliphatic hydroxyl groups is 1. The van der Waals surface area contributed by atoms with E-state index in [0.717, 1.165) is 24.3 Å². The van der Waals surface area contributed by atoms with Gasteiger partial charge in [0.1, 0.15) is 5.75 Å². The number of benzene rings is 1. The molecule has 0 saturated heterocycles. The zero-order valence-electron chi connectivity index (χ0n) is 10.9. The van der Waals surface area contributed by atoms with Gasteiger partial charge in [-0.1, -0.05) is 25.1 Å². The van der Waals surface area contributed by atoms with E-state index in [4.69, 9.17) is 4.74 Å². The molecule has 0 saturated carbocycles. The maximum Gasteiger partial charge on any atom is 0.125 e. The largest absolute Gasteiger partial charge is 0.491 e. The second-order valence-corrected chi connectivity index (χ2v) is 4.42. The van der Waals surface area contributed by atoms with Crippen LogP contribution in [-0.2, 0) is 0 Å². The molecule has 1 aromatic carbocycles. The highest BCUT2D eigenvalue weighted by Crippen LogP contribution is 2.25. The first-order valence-electron chi connectivity index (χ1n) is 6.29. The lowest BCUT2D eigenvalue weighted by molar-refractivity contribution is 0.163. The lowest BCUT2D eigenvalue weighted by Gasteiger charge is -2.18. The van der Waals surface area contributed by atoms with Crippen LogP contribution in [0.3, 0.4) is 0 Å². The molecule has 3 heteroatoms. The maximum absolute atomic E-state index is 10.1. The zero-order chi connectivity index (χ0) is 12.7. The minimum atomic E-state index is -0.517. The van der Waals surface area contributed by atoms with Gasteiger partial charge in [0.2, 0.25) is 0 Å². The van der Waals surface area contributed by atoms with Crippen LogP contribution in [0.4, 0.5) is 0 Å². The summed E-state index contributed by atoms with van der Waals surface area (Å²) in [5.74, 6) is 0.772. The Labute approximate surface area is 104 Å². The molecular formula is C14H23NO2. The minimum absolute atomic E-state index is 0.118. The molecule has 0 aliphatic heterocycles. The average Bonchev–Trinajstić information content (AvgIpc) is 2.29. The molecular weight excluding hydrogens is 214 g/mol. The molecule has 1 unspecified atom stereocenters. The predicted octanol–water partition coefficient (Wildman–Crippen LogP) is 2.51. The molecule has 0 bridgehead atoms. The maximum atomic E-state index is 10.1. The van der Waals surface area contributed by atoms with Crippen molar-refractivity contribution >= 4 is 0 Å². The summed E-state index contributed by atoms with van der Waals surface area (Å²) in [6.45, 7) is 7.56. The van der Waals surface area contributed by atoms with Gasteiger partial charge in [-0.15, -0.1) is 0 Å². The summed E-state index contributed by atoms with van der Waals surface area (Å²) < 4.78 is 5.68. The molecule has 0 spiro atoms. The molecule has 1 atom stereocenters. The molecule has 1 rings (SSSR count). The lowest BCUT2D eigenvalue weighted by atomic mass is 10.1. The highest BCUT2D eigenvalue weighted by Gasteiger charge is 2.13. The molecule has 0 radical (unpaired) electrons. The number of ether oxygens (including phenoxy) is 1. The van der Waals surface area contributed by atoms with E-state index in [1.54, 1.807) is 0 Å². The SMILES string of the molecule is CCCNCC(O)c1ccccc1OC(C)C. The standard InChI is InChI=1S/C14H23NO2/c1-4-9-15-10-13(16)12-7-5-6-8-14(12)17-11(2)3/h5-8,11,13,15-16H,4,9-10H2,1-3H3. The number of rotatable bonds is 7. The van der Waals surface area contributed by atoms with Crippen molar-refractivity contribution in [1.29, 1.82) is 0 Å². The zero-order valence-corrected chi connectivity index (χ0v) is 10.9. The van der Waals surface area contributed by atoms with Crippen LogP contribution in [0, 0.1) is 0 Å². The molecule has 3 nitrogen and oxygen atoms in total. The predicted molar refractivity (Wildman–Crippen MR) is 70.3 cm³/mol. The molecule has 96 valence electrons. The van der Waals surface area contributed by atoms with Crippen molar-refractivity contribution in [3.63, 3.8) is 0 Å². The van der Waals surface area contributed by atoms with Gasteiger partial charge < -0.3 is 15.2 Å². The van der Waals surface area contributed by atoms with Gasteiger partial charge in [0, 0.05) is 12.1 Å². The van der Waals surface area contributed by atoms with E-state index in [9.17, 15) is 5.11 Å². The van der Waals surface area contributed by atoms with Gasteiger partial charge in [0.15, 0.2) is 0 Å². The lowest BCUT2D eigenvalue weighted by Crippen LogP contribution is -2.22. The fourth-order valence-electron chi connectivity index (χ4n) is 1.64. The topological polar surface area (TPSA) is 41.5 Å². The van der Waals surface area contributed by atoms with Gasteiger partial charge in [-0.25, -0.2) is 0 Å². The fraction of sp³-hybridized carbons (Fsp3) is 0.571. The van der Waals surface area contributed by atoms with E-state index in [1.165, 1.54) is 0 Å². The van der Waals surface area contributed by atoms with E-state index < -0.39 is 6.10 Å². The molecule has 17 heavy (non-hydrogen) atoms. The van der Waals surface area contributed by atoms with Crippen molar-refractivity contribution in [1.82, 2.24) is 5.32 Å². The van der Waals surface area contributed by atoms with Gasteiger partial charge in [0.25, 0.3) is 0 Å². The number of nitrogens with one attached hydrogen (secondary N) is 1. The minimum Gasteiger partial charge on any atom is -0.491 e. The molecule has 0 amide bonds. The van der Waals surface area contributed by atoms with Crippen molar-refractivity contribution in [2.45, 2.75) is 39.4 Å². The summed E-state index contributed by atoms with van der Waals surface area (Å²) in [5, 5.41) is 13.3. The molecule has 0 heterocycles. The highest BCUT2D eigenvalue weighted by atomic mass is 16.5. The Morgan fingerprint density at radius 3 is 2.65 bits per heavy atom. The Balaban J connectivity index is 2.67. The monoisotopic (exact) mass is 237 g/mol.